The van der Waals surface area contributed by atoms with Gasteiger partial charge < -0.3 is 15.2 Å². The van der Waals surface area contributed by atoms with Crippen LogP contribution < -0.4 is 10.6 Å². The first kappa shape index (κ1) is 18.7. The van der Waals surface area contributed by atoms with Crippen molar-refractivity contribution in [3.05, 3.63) is 60.6 Å². The maximum Gasteiger partial charge on any atom is 0.229 e. The molecule has 30 heavy (non-hydrogen) atoms. The Morgan fingerprint density at radius 3 is 2.53 bits per heavy atom. The summed E-state index contributed by atoms with van der Waals surface area (Å²) < 4.78 is 1.98. The van der Waals surface area contributed by atoms with E-state index in [-0.39, 0.29) is 0 Å². The molecular weight excluding hydrogens is 376 g/mol. The van der Waals surface area contributed by atoms with Crippen LogP contribution in [0.4, 0.5) is 11.6 Å². The summed E-state index contributed by atoms with van der Waals surface area (Å²) in [6.45, 7) is 5.31. The van der Waals surface area contributed by atoms with E-state index < -0.39 is 0 Å². The molecule has 3 aromatic heterocycles. The van der Waals surface area contributed by atoms with E-state index >= 15 is 0 Å². The van der Waals surface area contributed by atoms with Crippen LogP contribution in [-0.2, 0) is 13.6 Å². The Morgan fingerprint density at radius 2 is 1.77 bits per heavy atom. The summed E-state index contributed by atoms with van der Waals surface area (Å²) >= 11 is 0. The summed E-state index contributed by atoms with van der Waals surface area (Å²) in [6, 6.07) is 12.4. The van der Waals surface area contributed by atoms with Gasteiger partial charge in [-0.15, -0.1) is 0 Å². The fourth-order valence-electron chi connectivity index (χ4n) is 3.75. The normalized spacial score (nSPS) is 14.8. The topological polar surface area (TPSA) is 83.8 Å². The third kappa shape index (κ3) is 3.87. The van der Waals surface area contributed by atoms with Crippen LogP contribution in [0, 0.1) is 0 Å². The van der Waals surface area contributed by atoms with Crippen molar-refractivity contribution in [1.29, 1.82) is 0 Å². The van der Waals surface area contributed by atoms with Crippen LogP contribution in [0.15, 0.2) is 55.0 Å². The predicted octanol–water partition coefficient (Wildman–Crippen LogP) is 2.57. The van der Waals surface area contributed by atoms with Gasteiger partial charge in [0.05, 0.1) is 6.20 Å². The predicted molar refractivity (Wildman–Crippen MR) is 117 cm³/mol. The van der Waals surface area contributed by atoms with Crippen LogP contribution in [0.1, 0.15) is 5.56 Å². The van der Waals surface area contributed by atoms with Gasteiger partial charge in [-0.25, -0.2) is 9.97 Å². The maximum atomic E-state index is 4.68. The summed E-state index contributed by atoms with van der Waals surface area (Å²) in [5.74, 6) is 1.40. The van der Waals surface area contributed by atoms with E-state index in [9.17, 15) is 0 Å². The number of nitrogens with zero attached hydrogens (tertiary/aromatic N) is 6. The lowest BCUT2D eigenvalue weighted by Crippen LogP contribution is -2.42. The number of nitrogens with one attached hydrogen (secondary N) is 2. The van der Waals surface area contributed by atoms with Gasteiger partial charge >= 0.3 is 0 Å². The molecule has 152 valence electrons. The van der Waals surface area contributed by atoms with Gasteiger partial charge in [0.1, 0.15) is 11.3 Å². The average Bonchev–Trinajstić information content (AvgIpc) is 3.12. The molecule has 1 aliphatic rings. The zero-order valence-corrected chi connectivity index (χ0v) is 16.9. The zero-order valence-electron chi connectivity index (χ0n) is 16.9. The minimum absolute atomic E-state index is 0.557. The Bertz CT molecular complexity index is 1130. The molecule has 1 saturated heterocycles. The summed E-state index contributed by atoms with van der Waals surface area (Å²) in [4.78, 5) is 20.3. The second-order valence-electron chi connectivity index (χ2n) is 7.48. The highest BCUT2D eigenvalue weighted by molar-refractivity contribution is 5.77. The summed E-state index contributed by atoms with van der Waals surface area (Å²) in [5, 5.41) is 6.70. The Hall–Kier alpha value is -3.36. The van der Waals surface area contributed by atoms with Gasteiger partial charge in [0.2, 0.25) is 5.95 Å². The van der Waals surface area contributed by atoms with Crippen LogP contribution in [0.3, 0.4) is 0 Å². The second-order valence-corrected chi connectivity index (χ2v) is 7.48. The third-order valence-electron chi connectivity index (χ3n) is 5.38. The van der Waals surface area contributed by atoms with Crippen molar-refractivity contribution < 1.29 is 0 Å². The van der Waals surface area contributed by atoms with Gasteiger partial charge in [0.15, 0.2) is 5.65 Å². The first-order chi connectivity index (χ1) is 14.8. The van der Waals surface area contributed by atoms with E-state index in [1.165, 1.54) is 5.56 Å². The molecule has 0 amide bonds. The summed E-state index contributed by atoms with van der Waals surface area (Å²) in [6.07, 6.45) is 5.28. The fraction of sp³-hybridized carbons (Fsp3) is 0.273. The van der Waals surface area contributed by atoms with Crippen molar-refractivity contribution in [3.63, 3.8) is 0 Å². The van der Waals surface area contributed by atoms with Crippen LogP contribution in [0.25, 0.3) is 22.6 Å². The molecule has 0 unspecified atom stereocenters. The number of benzene rings is 1. The monoisotopic (exact) mass is 400 g/mol. The van der Waals surface area contributed by atoms with Gasteiger partial charge in [0.25, 0.3) is 0 Å². The smallest absolute Gasteiger partial charge is 0.229 e. The maximum absolute atomic E-state index is 4.68. The molecule has 8 heteroatoms. The van der Waals surface area contributed by atoms with E-state index in [0.717, 1.165) is 61.0 Å². The molecule has 0 atom stereocenters. The lowest BCUT2D eigenvalue weighted by molar-refractivity contribution is 0.233. The standard InChI is InChI=1S/C22H24N8/c1-29-20(17-6-8-23-9-7-17)27-19-14-25-22(28-21(19)29)26-18-4-2-16(3-5-18)15-30-12-10-24-11-13-30/h2-9,14,24H,10-13,15H2,1H3,(H,25,26,28). The molecule has 0 bridgehead atoms. The Morgan fingerprint density at radius 1 is 1.00 bits per heavy atom. The number of pyridine rings is 1. The van der Waals surface area contributed by atoms with Crippen molar-refractivity contribution in [2.75, 3.05) is 31.5 Å². The Kier molecular flexibility index (Phi) is 5.08. The summed E-state index contributed by atoms with van der Waals surface area (Å²) in [7, 11) is 1.97. The van der Waals surface area contributed by atoms with Crippen LogP contribution >= 0.6 is 0 Å². The quantitative estimate of drug-likeness (QED) is 0.533. The van der Waals surface area contributed by atoms with Crippen molar-refractivity contribution in [1.82, 2.24) is 34.7 Å². The SMILES string of the molecule is Cn1c(-c2ccncc2)nc2cnc(Nc3ccc(CN4CCNCC4)cc3)nc21. The van der Waals surface area contributed by atoms with Crippen molar-refractivity contribution in [2.24, 2.45) is 7.05 Å². The molecule has 1 aromatic carbocycles. The van der Waals surface area contributed by atoms with Crippen LogP contribution in [-0.4, -0.2) is 55.6 Å². The first-order valence-corrected chi connectivity index (χ1v) is 10.2. The number of aromatic nitrogens is 5. The molecule has 2 N–H and O–H groups in total. The highest BCUT2D eigenvalue weighted by atomic mass is 15.2. The minimum atomic E-state index is 0.557. The number of rotatable bonds is 5. The number of anilines is 2. The van der Waals surface area contributed by atoms with Gasteiger partial charge in [-0.05, 0) is 29.8 Å². The minimum Gasteiger partial charge on any atom is -0.324 e. The molecule has 8 nitrogen and oxygen atoms in total. The Labute approximate surface area is 175 Å². The lowest BCUT2D eigenvalue weighted by atomic mass is 10.2. The average molecular weight is 400 g/mol. The van der Waals surface area contributed by atoms with E-state index in [4.69, 9.17) is 0 Å². The summed E-state index contributed by atoms with van der Waals surface area (Å²) in [5.41, 5.74) is 4.83. The fourth-order valence-corrected chi connectivity index (χ4v) is 3.75. The molecule has 0 saturated carbocycles. The molecule has 0 radical (unpaired) electrons. The third-order valence-corrected chi connectivity index (χ3v) is 5.38. The lowest BCUT2D eigenvalue weighted by Gasteiger charge is -2.27. The number of piperazine rings is 1. The number of fused-ring (bicyclic) bond motifs is 1. The molecule has 0 aliphatic carbocycles. The first-order valence-electron chi connectivity index (χ1n) is 10.2. The number of hydrogen-bond acceptors (Lipinski definition) is 7. The highest BCUT2D eigenvalue weighted by Crippen LogP contribution is 2.23. The molecule has 5 rings (SSSR count). The number of hydrogen-bond donors (Lipinski definition) is 2. The van der Waals surface area contributed by atoms with Crippen LogP contribution in [0.2, 0.25) is 0 Å². The molecule has 4 heterocycles. The van der Waals surface area contributed by atoms with Crippen molar-refractivity contribution in [2.45, 2.75) is 6.54 Å². The van der Waals surface area contributed by atoms with Crippen LogP contribution in [0.5, 0.6) is 0 Å². The van der Waals surface area contributed by atoms with Crippen molar-refractivity contribution >= 4 is 22.8 Å². The molecule has 1 aliphatic heterocycles. The van der Waals surface area contributed by atoms with Gasteiger partial charge in [-0.3, -0.25) is 9.88 Å². The van der Waals surface area contributed by atoms with E-state index in [1.807, 2.05) is 23.7 Å². The van der Waals surface area contributed by atoms with Gasteiger partial charge in [-0.2, -0.15) is 4.98 Å². The molecular formula is C22H24N8. The zero-order chi connectivity index (χ0) is 20.3. The number of imidazole rings is 1. The molecule has 1 fully saturated rings. The van der Waals surface area contributed by atoms with Gasteiger partial charge in [-0.1, -0.05) is 12.1 Å². The van der Waals surface area contributed by atoms with E-state index in [0.29, 0.717) is 5.95 Å². The molecule has 0 spiro atoms. The van der Waals surface area contributed by atoms with Crippen molar-refractivity contribution in [3.8, 4) is 11.4 Å². The Balaban J connectivity index is 1.33. The van der Waals surface area contributed by atoms with E-state index in [1.54, 1.807) is 18.6 Å². The van der Waals surface area contributed by atoms with E-state index in [2.05, 4.69) is 59.7 Å². The molecule has 4 aromatic rings. The second kappa shape index (κ2) is 8.17. The number of aryl methyl sites for hydroxylation is 1. The highest BCUT2D eigenvalue weighted by Gasteiger charge is 2.13. The largest absolute Gasteiger partial charge is 0.324 e. The van der Waals surface area contributed by atoms with Gasteiger partial charge in [0, 0.05) is 63.4 Å².